The predicted octanol–water partition coefficient (Wildman–Crippen LogP) is 3.89. The summed E-state index contributed by atoms with van der Waals surface area (Å²) >= 11 is 5.47. The highest BCUT2D eigenvalue weighted by molar-refractivity contribution is 9.09. The van der Waals surface area contributed by atoms with E-state index in [2.05, 4.69) is 41.7 Å². The minimum absolute atomic E-state index is 0.352. The van der Waals surface area contributed by atoms with Crippen molar-refractivity contribution in [2.45, 2.75) is 38.4 Å². The van der Waals surface area contributed by atoms with Crippen LogP contribution in [0.15, 0.2) is 11.7 Å². The Morgan fingerprint density at radius 2 is 2.23 bits per heavy atom. The second kappa shape index (κ2) is 4.56. The summed E-state index contributed by atoms with van der Waals surface area (Å²) in [5, 5.41) is 0. The number of rotatable bonds is 3. The molecule has 1 nitrogen and oxygen atoms in total. The van der Waals surface area contributed by atoms with Gasteiger partial charge in [-0.15, -0.1) is 11.3 Å². The fraction of sp³-hybridized carbons (Fsp3) is 0.700. The van der Waals surface area contributed by atoms with Gasteiger partial charge in [0, 0.05) is 15.9 Å². The van der Waals surface area contributed by atoms with Crippen LogP contribution >= 0.6 is 27.3 Å². The first kappa shape index (κ1) is 11.2. The Labute approximate surface area is 92.7 Å². The maximum Gasteiger partial charge on any atom is 0.0794 e. The Morgan fingerprint density at radius 3 is 2.69 bits per heavy atom. The van der Waals surface area contributed by atoms with Crippen LogP contribution in [-0.2, 0) is 6.42 Å². The highest BCUT2D eigenvalue weighted by atomic mass is 79.9. The average molecular weight is 262 g/mol. The molecule has 0 bridgehead atoms. The number of alkyl halides is 1. The van der Waals surface area contributed by atoms with Gasteiger partial charge in [0.05, 0.1) is 5.51 Å². The third kappa shape index (κ3) is 3.77. The molecule has 0 spiro atoms. The molecule has 13 heavy (non-hydrogen) atoms. The Balaban J connectivity index is 2.35. The van der Waals surface area contributed by atoms with Gasteiger partial charge >= 0.3 is 0 Å². The van der Waals surface area contributed by atoms with Crippen LogP contribution in [0, 0.1) is 5.41 Å². The lowest BCUT2D eigenvalue weighted by Crippen LogP contribution is -2.20. The normalized spacial score (nSPS) is 14.5. The van der Waals surface area contributed by atoms with Crippen molar-refractivity contribution in [1.82, 2.24) is 4.98 Å². The van der Waals surface area contributed by atoms with Crippen LogP contribution in [-0.4, -0.2) is 9.81 Å². The minimum atomic E-state index is 0.352. The molecule has 0 aromatic carbocycles. The van der Waals surface area contributed by atoms with Crippen LogP contribution in [0.2, 0.25) is 0 Å². The molecule has 1 heterocycles. The van der Waals surface area contributed by atoms with Crippen molar-refractivity contribution in [2.24, 2.45) is 5.41 Å². The summed E-state index contributed by atoms with van der Waals surface area (Å²) in [4.78, 5) is 6.03. The van der Waals surface area contributed by atoms with E-state index >= 15 is 0 Å². The number of thiazole rings is 1. The largest absolute Gasteiger partial charge is 0.253 e. The van der Waals surface area contributed by atoms with Gasteiger partial charge in [0.1, 0.15) is 0 Å². The van der Waals surface area contributed by atoms with Crippen LogP contribution in [0.5, 0.6) is 0 Å². The van der Waals surface area contributed by atoms with Gasteiger partial charge in [-0.05, 0) is 18.3 Å². The zero-order valence-electron chi connectivity index (χ0n) is 8.38. The SMILES string of the molecule is CC(C)(C)C(Br)CCc1cncs1. The zero-order valence-corrected chi connectivity index (χ0v) is 10.8. The summed E-state index contributed by atoms with van der Waals surface area (Å²) in [6, 6.07) is 0. The summed E-state index contributed by atoms with van der Waals surface area (Å²) in [6.07, 6.45) is 4.29. The Morgan fingerprint density at radius 1 is 1.54 bits per heavy atom. The minimum Gasteiger partial charge on any atom is -0.253 e. The van der Waals surface area contributed by atoms with E-state index in [1.54, 1.807) is 11.3 Å². The molecule has 1 rings (SSSR count). The molecule has 0 N–H and O–H groups in total. The molecule has 1 aromatic heterocycles. The van der Waals surface area contributed by atoms with E-state index in [0.717, 1.165) is 6.42 Å². The van der Waals surface area contributed by atoms with E-state index in [1.807, 2.05) is 11.7 Å². The van der Waals surface area contributed by atoms with Crippen LogP contribution in [0.3, 0.4) is 0 Å². The predicted molar refractivity (Wildman–Crippen MR) is 62.6 cm³/mol. The maximum atomic E-state index is 4.07. The van der Waals surface area contributed by atoms with Crippen molar-refractivity contribution in [1.29, 1.82) is 0 Å². The number of halogens is 1. The van der Waals surface area contributed by atoms with Crippen molar-refractivity contribution < 1.29 is 0 Å². The monoisotopic (exact) mass is 261 g/mol. The fourth-order valence-electron chi connectivity index (χ4n) is 1.07. The molecular formula is C10H16BrNS. The molecule has 0 saturated heterocycles. The van der Waals surface area contributed by atoms with Gasteiger partial charge in [-0.25, -0.2) is 0 Å². The van der Waals surface area contributed by atoms with Crippen LogP contribution < -0.4 is 0 Å². The molecule has 0 radical (unpaired) electrons. The lowest BCUT2D eigenvalue weighted by atomic mass is 9.89. The average Bonchev–Trinajstić information content (AvgIpc) is 2.50. The molecule has 74 valence electrons. The van der Waals surface area contributed by atoms with E-state index in [0.29, 0.717) is 10.2 Å². The number of hydrogen-bond donors (Lipinski definition) is 0. The third-order valence-corrected chi connectivity index (χ3v) is 4.74. The quantitative estimate of drug-likeness (QED) is 0.753. The van der Waals surface area contributed by atoms with E-state index in [4.69, 9.17) is 0 Å². The first-order chi connectivity index (χ1) is 6.00. The van der Waals surface area contributed by atoms with Gasteiger partial charge in [-0.2, -0.15) is 0 Å². The molecule has 0 fully saturated rings. The number of aromatic nitrogens is 1. The summed E-state index contributed by atoms with van der Waals surface area (Å²) in [6.45, 7) is 6.79. The highest BCUT2D eigenvalue weighted by Gasteiger charge is 2.21. The maximum absolute atomic E-state index is 4.07. The smallest absolute Gasteiger partial charge is 0.0794 e. The number of aryl methyl sites for hydroxylation is 1. The number of hydrogen-bond acceptors (Lipinski definition) is 2. The van der Waals surface area contributed by atoms with Gasteiger partial charge in [-0.3, -0.25) is 4.98 Å². The molecule has 0 aliphatic rings. The van der Waals surface area contributed by atoms with Crippen LogP contribution in [0.25, 0.3) is 0 Å². The van der Waals surface area contributed by atoms with Gasteiger partial charge in [-0.1, -0.05) is 36.7 Å². The topological polar surface area (TPSA) is 12.9 Å². The first-order valence-electron chi connectivity index (χ1n) is 4.51. The molecule has 0 amide bonds. The molecule has 1 unspecified atom stereocenters. The standard InChI is InChI=1S/C10H16BrNS/c1-10(2,3)9(11)5-4-8-6-12-7-13-8/h6-7,9H,4-5H2,1-3H3. The Bertz CT molecular complexity index is 238. The van der Waals surface area contributed by atoms with E-state index in [9.17, 15) is 0 Å². The summed E-state index contributed by atoms with van der Waals surface area (Å²) < 4.78 is 0. The van der Waals surface area contributed by atoms with Crippen LogP contribution in [0.4, 0.5) is 0 Å². The molecule has 1 atom stereocenters. The van der Waals surface area contributed by atoms with Crippen molar-refractivity contribution in [3.63, 3.8) is 0 Å². The number of nitrogens with zero attached hydrogens (tertiary/aromatic N) is 1. The first-order valence-corrected chi connectivity index (χ1v) is 6.31. The second-order valence-electron chi connectivity index (χ2n) is 4.34. The second-order valence-corrected chi connectivity index (χ2v) is 6.42. The molecule has 0 aliphatic carbocycles. The zero-order chi connectivity index (χ0) is 9.90. The van der Waals surface area contributed by atoms with Crippen LogP contribution in [0.1, 0.15) is 32.1 Å². The Kier molecular flexibility index (Phi) is 3.92. The Hall–Kier alpha value is 0.110. The summed E-state index contributed by atoms with van der Waals surface area (Å²) in [5.41, 5.74) is 2.25. The van der Waals surface area contributed by atoms with Crippen molar-refractivity contribution in [3.8, 4) is 0 Å². The fourth-order valence-corrected chi connectivity index (χ4v) is 1.91. The lowest BCUT2D eigenvalue weighted by Gasteiger charge is -2.25. The molecular weight excluding hydrogens is 246 g/mol. The van der Waals surface area contributed by atoms with E-state index < -0.39 is 0 Å². The van der Waals surface area contributed by atoms with Gasteiger partial charge in [0.25, 0.3) is 0 Å². The van der Waals surface area contributed by atoms with Gasteiger partial charge in [0.2, 0.25) is 0 Å². The highest BCUT2D eigenvalue weighted by Crippen LogP contribution is 2.29. The molecule has 3 heteroatoms. The third-order valence-electron chi connectivity index (χ3n) is 2.07. The molecule has 0 aliphatic heterocycles. The van der Waals surface area contributed by atoms with Crippen molar-refractivity contribution >= 4 is 27.3 Å². The van der Waals surface area contributed by atoms with Gasteiger partial charge < -0.3 is 0 Å². The summed E-state index contributed by atoms with van der Waals surface area (Å²) in [5.74, 6) is 0. The van der Waals surface area contributed by atoms with Crippen molar-refractivity contribution in [3.05, 3.63) is 16.6 Å². The van der Waals surface area contributed by atoms with E-state index in [1.165, 1.54) is 11.3 Å². The van der Waals surface area contributed by atoms with Crippen molar-refractivity contribution in [2.75, 3.05) is 0 Å². The molecule has 0 saturated carbocycles. The van der Waals surface area contributed by atoms with E-state index in [-0.39, 0.29) is 0 Å². The summed E-state index contributed by atoms with van der Waals surface area (Å²) in [7, 11) is 0. The lowest BCUT2D eigenvalue weighted by molar-refractivity contribution is 0.386. The molecule has 1 aromatic rings. The van der Waals surface area contributed by atoms with Gasteiger partial charge in [0.15, 0.2) is 0 Å².